The van der Waals surface area contributed by atoms with Crippen molar-refractivity contribution in [3.05, 3.63) is 84.6 Å². The molecule has 0 saturated carbocycles. The molecule has 144 valence electrons. The number of aromatic nitrogens is 1. The third-order valence-corrected chi connectivity index (χ3v) is 4.53. The summed E-state index contributed by atoms with van der Waals surface area (Å²) in [7, 11) is 0. The quantitative estimate of drug-likeness (QED) is 0.526. The van der Waals surface area contributed by atoms with Gasteiger partial charge in [0, 0.05) is 5.39 Å². The predicted octanol–water partition coefficient (Wildman–Crippen LogP) is 3.62. The van der Waals surface area contributed by atoms with Crippen LogP contribution >= 0.6 is 0 Å². The van der Waals surface area contributed by atoms with Gasteiger partial charge in [-0.1, -0.05) is 54.6 Å². The smallest absolute Gasteiger partial charge is 0.288 e. The van der Waals surface area contributed by atoms with E-state index in [0.29, 0.717) is 11.3 Å². The number of hydrazine groups is 1. The van der Waals surface area contributed by atoms with E-state index >= 15 is 0 Å². The van der Waals surface area contributed by atoms with Crippen molar-refractivity contribution in [2.45, 2.75) is 13.0 Å². The summed E-state index contributed by atoms with van der Waals surface area (Å²) in [6, 6.07) is 24.4. The number of ether oxygens (including phenoxy) is 1. The van der Waals surface area contributed by atoms with Crippen LogP contribution in [0.15, 0.2) is 78.9 Å². The second-order valence-corrected chi connectivity index (χ2v) is 6.60. The van der Waals surface area contributed by atoms with Crippen LogP contribution in [0.5, 0.6) is 5.75 Å². The monoisotopic (exact) mass is 385 g/mol. The molecule has 6 nitrogen and oxygen atoms in total. The molecule has 29 heavy (non-hydrogen) atoms. The number of pyridine rings is 1. The van der Waals surface area contributed by atoms with E-state index in [1.807, 2.05) is 72.8 Å². The van der Waals surface area contributed by atoms with Crippen molar-refractivity contribution in [1.29, 1.82) is 0 Å². The Bertz CT molecular complexity index is 1210. The Hall–Kier alpha value is -3.93. The number of carbonyl (C=O) groups excluding carboxylic acids is 2. The van der Waals surface area contributed by atoms with Crippen molar-refractivity contribution in [2.24, 2.45) is 0 Å². The van der Waals surface area contributed by atoms with Gasteiger partial charge >= 0.3 is 0 Å². The zero-order valence-corrected chi connectivity index (χ0v) is 15.8. The summed E-state index contributed by atoms with van der Waals surface area (Å²) in [6.45, 7) is 1.62. The third kappa shape index (κ3) is 4.16. The SMILES string of the molecule is CC(Oc1ccc2ccccc2c1)C(=O)NNC(=O)c1ccc2ccccc2n1. The van der Waals surface area contributed by atoms with Crippen molar-refractivity contribution in [3.8, 4) is 5.75 Å². The fourth-order valence-corrected chi connectivity index (χ4v) is 2.97. The van der Waals surface area contributed by atoms with Gasteiger partial charge in [0.2, 0.25) is 0 Å². The number of carbonyl (C=O) groups is 2. The second kappa shape index (κ2) is 7.98. The first-order chi connectivity index (χ1) is 14.1. The van der Waals surface area contributed by atoms with Crippen LogP contribution in [0.2, 0.25) is 0 Å². The van der Waals surface area contributed by atoms with E-state index in [2.05, 4.69) is 15.8 Å². The first-order valence-corrected chi connectivity index (χ1v) is 9.21. The Kier molecular flexibility index (Phi) is 5.07. The minimum absolute atomic E-state index is 0.215. The lowest BCUT2D eigenvalue weighted by Crippen LogP contribution is -2.47. The second-order valence-electron chi connectivity index (χ2n) is 6.60. The molecule has 0 radical (unpaired) electrons. The molecule has 6 heteroatoms. The van der Waals surface area contributed by atoms with Gasteiger partial charge in [0.25, 0.3) is 11.8 Å². The van der Waals surface area contributed by atoms with E-state index in [1.54, 1.807) is 13.0 Å². The number of benzene rings is 3. The average Bonchev–Trinajstić information content (AvgIpc) is 2.76. The zero-order chi connectivity index (χ0) is 20.2. The fraction of sp³-hybridized carbons (Fsp3) is 0.0870. The van der Waals surface area contributed by atoms with Crippen LogP contribution in [0.3, 0.4) is 0 Å². The number of amides is 2. The number of rotatable bonds is 4. The molecule has 4 rings (SSSR count). The van der Waals surface area contributed by atoms with E-state index in [4.69, 9.17) is 4.74 Å². The summed E-state index contributed by atoms with van der Waals surface area (Å²) >= 11 is 0. The molecule has 2 amide bonds. The topological polar surface area (TPSA) is 80.3 Å². The summed E-state index contributed by atoms with van der Waals surface area (Å²) < 4.78 is 5.70. The molecule has 1 heterocycles. The summed E-state index contributed by atoms with van der Waals surface area (Å²) in [5.41, 5.74) is 5.68. The van der Waals surface area contributed by atoms with Gasteiger partial charge in [0.05, 0.1) is 5.52 Å². The Morgan fingerprint density at radius 3 is 2.34 bits per heavy atom. The Morgan fingerprint density at radius 1 is 0.828 bits per heavy atom. The minimum atomic E-state index is -0.791. The number of para-hydroxylation sites is 1. The lowest BCUT2D eigenvalue weighted by molar-refractivity contribution is -0.128. The van der Waals surface area contributed by atoms with E-state index < -0.39 is 17.9 Å². The maximum absolute atomic E-state index is 12.3. The molecule has 0 fully saturated rings. The lowest BCUT2D eigenvalue weighted by Gasteiger charge is -2.15. The van der Waals surface area contributed by atoms with Crippen LogP contribution in [0.1, 0.15) is 17.4 Å². The molecule has 1 aromatic heterocycles. The van der Waals surface area contributed by atoms with Gasteiger partial charge in [0.1, 0.15) is 11.4 Å². The number of fused-ring (bicyclic) bond motifs is 2. The maximum atomic E-state index is 12.3. The fourth-order valence-electron chi connectivity index (χ4n) is 2.97. The number of hydrogen-bond acceptors (Lipinski definition) is 4. The molecule has 1 unspecified atom stereocenters. The molecule has 0 aliphatic rings. The van der Waals surface area contributed by atoms with E-state index in [0.717, 1.165) is 16.2 Å². The number of hydrogen-bond donors (Lipinski definition) is 2. The van der Waals surface area contributed by atoms with Gasteiger partial charge in [-0.25, -0.2) is 4.98 Å². The van der Waals surface area contributed by atoms with E-state index in [1.165, 1.54) is 0 Å². The Morgan fingerprint density at radius 2 is 1.52 bits per heavy atom. The molecular formula is C23H19N3O3. The molecule has 0 aliphatic carbocycles. The van der Waals surface area contributed by atoms with Crippen LogP contribution in [0, 0.1) is 0 Å². The highest BCUT2D eigenvalue weighted by Gasteiger charge is 2.16. The molecule has 3 aromatic carbocycles. The number of nitrogens with zero attached hydrogens (tertiary/aromatic N) is 1. The van der Waals surface area contributed by atoms with Gasteiger partial charge in [0.15, 0.2) is 6.10 Å². The average molecular weight is 385 g/mol. The Balaban J connectivity index is 1.36. The van der Waals surface area contributed by atoms with Crippen molar-refractivity contribution in [3.63, 3.8) is 0 Å². The van der Waals surface area contributed by atoms with Gasteiger partial charge in [-0.05, 0) is 42.0 Å². The molecule has 1 atom stereocenters. The first kappa shape index (κ1) is 18.4. The summed E-state index contributed by atoms with van der Waals surface area (Å²) in [4.78, 5) is 28.9. The Labute approximate surface area is 167 Å². The molecule has 2 N–H and O–H groups in total. The van der Waals surface area contributed by atoms with Crippen LogP contribution in [-0.2, 0) is 4.79 Å². The van der Waals surface area contributed by atoms with Gasteiger partial charge in [-0.2, -0.15) is 0 Å². The first-order valence-electron chi connectivity index (χ1n) is 9.21. The van der Waals surface area contributed by atoms with Crippen LogP contribution < -0.4 is 15.6 Å². The van der Waals surface area contributed by atoms with Crippen LogP contribution in [0.25, 0.3) is 21.7 Å². The molecule has 0 bridgehead atoms. The molecule has 4 aromatic rings. The molecule has 0 spiro atoms. The van der Waals surface area contributed by atoms with Gasteiger partial charge < -0.3 is 4.74 Å². The zero-order valence-electron chi connectivity index (χ0n) is 15.8. The van der Waals surface area contributed by atoms with Gasteiger partial charge in [-0.15, -0.1) is 0 Å². The lowest BCUT2D eigenvalue weighted by atomic mass is 10.1. The van der Waals surface area contributed by atoms with Crippen molar-refractivity contribution in [1.82, 2.24) is 15.8 Å². The highest BCUT2D eigenvalue weighted by atomic mass is 16.5. The largest absolute Gasteiger partial charge is 0.481 e. The standard InChI is InChI=1S/C23H19N3O3/c1-15(29-19-12-10-16-6-2-3-8-18(16)14-19)22(27)25-26-23(28)21-13-11-17-7-4-5-9-20(17)24-21/h2-15H,1H3,(H,25,27)(H,26,28). The summed E-state index contributed by atoms with van der Waals surface area (Å²) in [6.07, 6.45) is -0.791. The summed E-state index contributed by atoms with van der Waals surface area (Å²) in [5, 5.41) is 3.05. The summed E-state index contributed by atoms with van der Waals surface area (Å²) in [5.74, 6) is -0.386. The van der Waals surface area contributed by atoms with Gasteiger partial charge in [-0.3, -0.25) is 20.4 Å². The minimum Gasteiger partial charge on any atom is -0.481 e. The van der Waals surface area contributed by atoms with Crippen molar-refractivity contribution < 1.29 is 14.3 Å². The predicted molar refractivity (Wildman–Crippen MR) is 111 cm³/mol. The molecule has 0 saturated heterocycles. The maximum Gasteiger partial charge on any atom is 0.288 e. The highest BCUT2D eigenvalue weighted by molar-refractivity contribution is 5.96. The molecular weight excluding hydrogens is 366 g/mol. The van der Waals surface area contributed by atoms with Crippen LogP contribution in [0.4, 0.5) is 0 Å². The van der Waals surface area contributed by atoms with E-state index in [-0.39, 0.29) is 5.69 Å². The highest BCUT2D eigenvalue weighted by Crippen LogP contribution is 2.21. The third-order valence-electron chi connectivity index (χ3n) is 4.53. The van der Waals surface area contributed by atoms with E-state index in [9.17, 15) is 9.59 Å². The van der Waals surface area contributed by atoms with Crippen LogP contribution in [-0.4, -0.2) is 22.9 Å². The number of nitrogens with one attached hydrogen (secondary N) is 2. The molecule has 0 aliphatic heterocycles. The van der Waals surface area contributed by atoms with Crippen molar-refractivity contribution >= 4 is 33.5 Å². The normalized spacial score (nSPS) is 11.8. The van der Waals surface area contributed by atoms with Crippen molar-refractivity contribution in [2.75, 3.05) is 0 Å².